The van der Waals surface area contributed by atoms with Gasteiger partial charge in [0, 0.05) is 49.2 Å². The Morgan fingerprint density at radius 3 is 2.64 bits per heavy atom. The minimum atomic E-state index is 0.593. The van der Waals surface area contributed by atoms with Crippen LogP contribution in [0.5, 0.6) is 0 Å². The Labute approximate surface area is 195 Å². The highest BCUT2D eigenvalue weighted by molar-refractivity contribution is 5.81. The number of hydrogen-bond donors (Lipinski definition) is 1. The van der Waals surface area contributed by atoms with Crippen LogP contribution < -0.4 is 10.2 Å². The molecule has 5 rings (SSSR count). The van der Waals surface area contributed by atoms with Crippen LogP contribution in [-0.2, 0) is 13.1 Å². The molecule has 33 heavy (non-hydrogen) atoms. The lowest BCUT2D eigenvalue weighted by Crippen LogP contribution is -2.42. The maximum atomic E-state index is 4.76. The Morgan fingerprint density at radius 1 is 0.970 bits per heavy atom. The van der Waals surface area contributed by atoms with Gasteiger partial charge in [0.15, 0.2) is 0 Å². The van der Waals surface area contributed by atoms with Crippen LogP contribution in [0.3, 0.4) is 0 Å². The van der Waals surface area contributed by atoms with Crippen molar-refractivity contribution in [1.82, 2.24) is 19.7 Å². The highest BCUT2D eigenvalue weighted by Crippen LogP contribution is 2.26. The molecule has 6 heteroatoms. The number of benzene rings is 2. The van der Waals surface area contributed by atoms with Gasteiger partial charge in [-0.05, 0) is 56.2 Å². The maximum absolute atomic E-state index is 4.76. The summed E-state index contributed by atoms with van der Waals surface area (Å²) in [6, 6.07) is 21.7. The second-order valence-electron chi connectivity index (χ2n) is 9.02. The predicted octanol–water partition coefficient (Wildman–Crippen LogP) is 4.62. The molecule has 0 amide bonds. The number of rotatable bonds is 7. The smallest absolute Gasteiger partial charge is 0.148 e. The molecule has 0 unspecified atom stereocenters. The molecule has 0 aliphatic carbocycles. The van der Waals surface area contributed by atoms with Crippen LogP contribution >= 0.6 is 0 Å². The summed E-state index contributed by atoms with van der Waals surface area (Å²) < 4.78 is 1.97. The number of para-hydroxylation sites is 2. The van der Waals surface area contributed by atoms with E-state index >= 15 is 0 Å². The van der Waals surface area contributed by atoms with Gasteiger partial charge in [-0.1, -0.05) is 42.5 Å². The third-order valence-corrected chi connectivity index (χ3v) is 6.76. The number of aromatic nitrogens is 3. The van der Waals surface area contributed by atoms with Crippen molar-refractivity contribution in [3.05, 3.63) is 84.2 Å². The fourth-order valence-electron chi connectivity index (χ4n) is 4.78. The van der Waals surface area contributed by atoms with E-state index in [2.05, 4.69) is 82.7 Å². The van der Waals surface area contributed by atoms with E-state index in [0.29, 0.717) is 12.6 Å². The molecule has 0 radical (unpaired) electrons. The molecule has 3 heterocycles. The minimum Gasteiger partial charge on any atom is -0.371 e. The summed E-state index contributed by atoms with van der Waals surface area (Å²) in [7, 11) is 4.45. The summed E-state index contributed by atoms with van der Waals surface area (Å²) in [6.07, 6.45) is 6.30. The van der Waals surface area contributed by atoms with Crippen LogP contribution in [-0.4, -0.2) is 52.9 Å². The number of hydrogen-bond acceptors (Lipinski definition) is 5. The van der Waals surface area contributed by atoms with Gasteiger partial charge in [0.25, 0.3) is 0 Å². The van der Waals surface area contributed by atoms with E-state index in [-0.39, 0.29) is 0 Å². The molecule has 2 aromatic heterocycles. The Kier molecular flexibility index (Phi) is 6.26. The number of pyridine rings is 1. The summed E-state index contributed by atoms with van der Waals surface area (Å²) in [4.78, 5) is 9.45. The molecule has 1 fully saturated rings. The zero-order chi connectivity index (χ0) is 22.6. The zero-order valence-electron chi connectivity index (χ0n) is 19.5. The number of likely N-dealkylation sites (tertiary alicyclic amines) is 1. The molecule has 0 bridgehead atoms. The summed E-state index contributed by atoms with van der Waals surface area (Å²) in [6.45, 7) is 3.78. The molecule has 0 spiro atoms. The summed E-state index contributed by atoms with van der Waals surface area (Å²) in [5, 5.41) is 9.44. The lowest BCUT2D eigenvalue weighted by Gasteiger charge is -2.37. The summed E-state index contributed by atoms with van der Waals surface area (Å²) in [5.41, 5.74) is 4.82. The normalized spacial score (nSPS) is 15.1. The lowest BCUT2D eigenvalue weighted by atomic mass is 10.0. The van der Waals surface area contributed by atoms with E-state index in [4.69, 9.17) is 5.10 Å². The molecule has 0 atom stereocenters. The largest absolute Gasteiger partial charge is 0.371 e. The van der Waals surface area contributed by atoms with Crippen molar-refractivity contribution < 1.29 is 0 Å². The van der Waals surface area contributed by atoms with Crippen LogP contribution in [0.25, 0.3) is 10.9 Å². The average molecular weight is 441 g/mol. The van der Waals surface area contributed by atoms with Gasteiger partial charge in [0.1, 0.15) is 5.82 Å². The van der Waals surface area contributed by atoms with Gasteiger partial charge in [0.05, 0.1) is 12.1 Å². The van der Waals surface area contributed by atoms with Gasteiger partial charge in [-0.25, -0.2) is 0 Å². The molecule has 0 saturated carbocycles. The van der Waals surface area contributed by atoms with Crippen molar-refractivity contribution in [3.8, 4) is 0 Å². The van der Waals surface area contributed by atoms with Gasteiger partial charge in [-0.2, -0.15) is 5.10 Å². The standard InChI is InChI=1S/C27H32N6/c1-31-16-12-24(13-17-31)32(2)25-11-4-3-7-22(25)19-29-26-14-18-33(30-26)20-23-9-5-8-21-10-6-15-28-27(21)23/h3-11,14-15,18,24H,12-13,16-17,19-20H2,1-2H3,(H,29,30). The van der Waals surface area contributed by atoms with Crippen LogP contribution in [0, 0.1) is 0 Å². The van der Waals surface area contributed by atoms with Crippen molar-refractivity contribution >= 4 is 22.4 Å². The topological polar surface area (TPSA) is 49.2 Å². The monoisotopic (exact) mass is 440 g/mol. The molecular weight excluding hydrogens is 408 g/mol. The quantitative estimate of drug-likeness (QED) is 0.454. The first-order valence-electron chi connectivity index (χ1n) is 11.8. The molecule has 1 saturated heterocycles. The fraction of sp³-hybridized carbons (Fsp3) is 0.333. The Morgan fingerprint density at radius 2 is 1.76 bits per heavy atom. The highest BCUT2D eigenvalue weighted by atomic mass is 15.3. The van der Waals surface area contributed by atoms with Gasteiger partial charge in [-0.15, -0.1) is 0 Å². The molecular formula is C27H32N6. The average Bonchev–Trinajstić information content (AvgIpc) is 3.30. The SMILES string of the molecule is CN1CCC(N(C)c2ccccc2CNc2ccn(Cc3cccc4cccnc34)n2)CC1. The number of nitrogens with one attached hydrogen (secondary N) is 1. The molecule has 1 N–H and O–H groups in total. The van der Waals surface area contributed by atoms with Crippen molar-refractivity contribution in [1.29, 1.82) is 0 Å². The van der Waals surface area contributed by atoms with Crippen LogP contribution in [0.15, 0.2) is 73.1 Å². The molecule has 6 nitrogen and oxygen atoms in total. The van der Waals surface area contributed by atoms with Crippen LogP contribution in [0.4, 0.5) is 11.5 Å². The minimum absolute atomic E-state index is 0.593. The highest BCUT2D eigenvalue weighted by Gasteiger charge is 2.22. The van der Waals surface area contributed by atoms with Gasteiger partial charge >= 0.3 is 0 Å². The maximum Gasteiger partial charge on any atom is 0.148 e. The fourth-order valence-corrected chi connectivity index (χ4v) is 4.78. The van der Waals surface area contributed by atoms with E-state index in [1.165, 1.54) is 42.7 Å². The first-order valence-corrected chi connectivity index (χ1v) is 11.8. The first-order chi connectivity index (χ1) is 16.2. The number of fused-ring (bicyclic) bond motifs is 1. The molecule has 4 aromatic rings. The van der Waals surface area contributed by atoms with E-state index in [9.17, 15) is 0 Å². The lowest BCUT2D eigenvalue weighted by molar-refractivity contribution is 0.253. The van der Waals surface area contributed by atoms with Crippen molar-refractivity contribution in [2.45, 2.75) is 32.0 Å². The van der Waals surface area contributed by atoms with Crippen LogP contribution in [0.2, 0.25) is 0 Å². The summed E-state index contributed by atoms with van der Waals surface area (Å²) >= 11 is 0. The first kappa shape index (κ1) is 21.5. The number of piperidine rings is 1. The molecule has 1 aliphatic heterocycles. The van der Waals surface area contributed by atoms with E-state index in [1.54, 1.807) is 0 Å². The second-order valence-corrected chi connectivity index (χ2v) is 9.02. The van der Waals surface area contributed by atoms with E-state index < -0.39 is 0 Å². The third-order valence-electron chi connectivity index (χ3n) is 6.76. The third kappa shape index (κ3) is 4.86. The Bertz CT molecular complexity index is 1200. The molecule has 2 aromatic carbocycles. The van der Waals surface area contributed by atoms with E-state index in [1.807, 2.05) is 29.2 Å². The predicted molar refractivity (Wildman–Crippen MR) is 136 cm³/mol. The second kappa shape index (κ2) is 9.63. The Hall–Kier alpha value is -3.38. The van der Waals surface area contributed by atoms with Gasteiger partial charge in [-0.3, -0.25) is 9.67 Å². The van der Waals surface area contributed by atoms with Crippen molar-refractivity contribution in [2.24, 2.45) is 0 Å². The van der Waals surface area contributed by atoms with Crippen molar-refractivity contribution in [2.75, 3.05) is 37.4 Å². The molecule has 1 aliphatic rings. The number of nitrogens with zero attached hydrogens (tertiary/aromatic N) is 5. The van der Waals surface area contributed by atoms with E-state index in [0.717, 1.165) is 23.3 Å². The van der Waals surface area contributed by atoms with Crippen molar-refractivity contribution in [3.63, 3.8) is 0 Å². The number of anilines is 2. The van der Waals surface area contributed by atoms with Crippen LogP contribution in [0.1, 0.15) is 24.0 Å². The van der Waals surface area contributed by atoms with Gasteiger partial charge < -0.3 is 15.1 Å². The summed E-state index contributed by atoms with van der Waals surface area (Å²) in [5.74, 6) is 0.889. The van der Waals surface area contributed by atoms with Gasteiger partial charge in [0.2, 0.25) is 0 Å². The Balaban J connectivity index is 1.26. The zero-order valence-corrected chi connectivity index (χ0v) is 19.5. The molecule has 170 valence electrons.